The van der Waals surface area contributed by atoms with E-state index in [1.807, 2.05) is 0 Å². The van der Waals surface area contributed by atoms with Crippen molar-refractivity contribution < 1.29 is 2.85 Å². The van der Waals surface area contributed by atoms with Crippen LogP contribution in [0.4, 0.5) is 0 Å². The van der Waals surface area contributed by atoms with Crippen LogP contribution in [0.25, 0.3) is 0 Å². The standard InChI is InChI=1S/C12H24.Mg.2H/c1-2-3-4-6-9-12-10-7-5-8-11-12;;;/h12H,2-11H2,1H3;;;/q;+2;2*-1. The average molecular weight is 195 g/mol. The Morgan fingerprint density at radius 2 is 1.69 bits per heavy atom. The Morgan fingerprint density at radius 1 is 1.00 bits per heavy atom. The van der Waals surface area contributed by atoms with Gasteiger partial charge in [0, 0.05) is 0 Å². The molecule has 76 valence electrons. The van der Waals surface area contributed by atoms with Gasteiger partial charge in [-0.15, -0.1) is 0 Å². The van der Waals surface area contributed by atoms with Gasteiger partial charge in [0.15, 0.2) is 0 Å². The van der Waals surface area contributed by atoms with Gasteiger partial charge in [-0.1, -0.05) is 71.1 Å². The van der Waals surface area contributed by atoms with Gasteiger partial charge in [0.2, 0.25) is 0 Å². The first-order chi connectivity index (χ1) is 5.93. The quantitative estimate of drug-likeness (QED) is 0.450. The first-order valence-electron chi connectivity index (χ1n) is 5.93. The minimum Gasteiger partial charge on any atom is -1.00 e. The molecule has 1 rings (SSSR count). The van der Waals surface area contributed by atoms with Crippen LogP contribution >= 0.6 is 0 Å². The first kappa shape index (κ1) is 13.8. The maximum absolute atomic E-state index is 2.29. The zero-order chi connectivity index (χ0) is 8.65. The summed E-state index contributed by atoms with van der Waals surface area (Å²) in [5.74, 6) is 1.11. The molecule has 0 N–H and O–H groups in total. The van der Waals surface area contributed by atoms with Crippen LogP contribution in [-0.4, -0.2) is 23.1 Å². The van der Waals surface area contributed by atoms with Gasteiger partial charge in [-0.05, 0) is 5.92 Å². The van der Waals surface area contributed by atoms with Crippen LogP contribution in [0, 0.1) is 5.92 Å². The summed E-state index contributed by atoms with van der Waals surface area (Å²) < 4.78 is 0. The van der Waals surface area contributed by atoms with E-state index in [0.717, 1.165) is 5.92 Å². The van der Waals surface area contributed by atoms with E-state index in [1.54, 1.807) is 0 Å². The summed E-state index contributed by atoms with van der Waals surface area (Å²) in [6.07, 6.45) is 14.9. The Bertz CT molecular complexity index is 104. The Labute approximate surface area is 103 Å². The van der Waals surface area contributed by atoms with E-state index >= 15 is 0 Å². The van der Waals surface area contributed by atoms with Gasteiger partial charge in [0.1, 0.15) is 0 Å². The van der Waals surface area contributed by atoms with Gasteiger partial charge in [0.05, 0.1) is 0 Å². The van der Waals surface area contributed by atoms with Gasteiger partial charge in [-0.25, -0.2) is 0 Å². The molecule has 0 radical (unpaired) electrons. The van der Waals surface area contributed by atoms with Crippen LogP contribution in [0.1, 0.15) is 74.0 Å². The van der Waals surface area contributed by atoms with E-state index in [9.17, 15) is 0 Å². The summed E-state index contributed by atoms with van der Waals surface area (Å²) in [4.78, 5) is 0. The van der Waals surface area contributed by atoms with Crippen LogP contribution in [0.5, 0.6) is 0 Å². The van der Waals surface area contributed by atoms with Crippen LogP contribution in [0.3, 0.4) is 0 Å². The Hall–Kier alpha value is 0.766. The number of unbranched alkanes of at least 4 members (excludes halogenated alkanes) is 3. The SMILES string of the molecule is CCCCCCC1CCCCC1.[H-].[H-].[Mg+2]. The van der Waals surface area contributed by atoms with Gasteiger partial charge in [-0.3, -0.25) is 0 Å². The molecule has 0 aromatic carbocycles. The van der Waals surface area contributed by atoms with E-state index in [2.05, 4.69) is 6.92 Å². The minimum absolute atomic E-state index is 0. The zero-order valence-corrected chi connectivity index (χ0v) is 10.8. The molecule has 0 spiro atoms. The molecular formula is C12H26Mg. The van der Waals surface area contributed by atoms with Gasteiger partial charge >= 0.3 is 23.1 Å². The van der Waals surface area contributed by atoms with Gasteiger partial charge < -0.3 is 2.85 Å². The largest absolute Gasteiger partial charge is 2.00 e. The second kappa shape index (κ2) is 9.33. The fraction of sp³-hybridized carbons (Fsp3) is 1.00. The molecule has 0 saturated heterocycles. The van der Waals surface area contributed by atoms with Gasteiger partial charge in [-0.2, -0.15) is 0 Å². The molecule has 0 heterocycles. The van der Waals surface area contributed by atoms with Gasteiger partial charge in [0.25, 0.3) is 0 Å². The maximum atomic E-state index is 2.29. The zero-order valence-electron chi connectivity index (χ0n) is 11.4. The van der Waals surface area contributed by atoms with Crippen molar-refractivity contribution in [1.82, 2.24) is 0 Å². The van der Waals surface area contributed by atoms with Crippen LogP contribution in [0.15, 0.2) is 0 Å². The summed E-state index contributed by atoms with van der Waals surface area (Å²) >= 11 is 0. The molecule has 1 fully saturated rings. The molecule has 0 nitrogen and oxygen atoms in total. The maximum Gasteiger partial charge on any atom is 2.00 e. The summed E-state index contributed by atoms with van der Waals surface area (Å²) in [6.45, 7) is 2.29. The van der Waals surface area contributed by atoms with Crippen LogP contribution < -0.4 is 0 Å². The summed E-state index contributed by atoms with van der Waals surface area (Å²) in [5, 5.41) is 0. The predicted octanol–water partition coefficient (Wildman–Crippen LogP) is 4.38. The van der Waals surface area contributed by atoms with Crippen molar-refractivity contribution in [3.8, 4) is 0 Å². The summed E-state index contributed by atoms with van der Waals surface area (Å²) in [6, 6.07) is 0. The van der Waals surface area contributed by atoms with Crippen molar-refractivity contribution >= 4 is 23.1 Å². The number of hydrogen-bond acceptors (Lipinski definition) is 0. The van der Waals surface area contributed by atoms with E-state index < -0.39 is 0 Å². The first-order valence-corrected chi connectivity index (χ1v) is 5.93. The molecule has 0 bridgehead atoms. The number of hydrogen-bond donors (Lipinski definition) is 0. The molecular weight excluding hydrogens is 168 g/mol. The third-order valence-corrected chi connectivity index (χ3v) is 3.19. The van der Waals surface area contributed by atoms with Crippen molar-refractivity contribution in [3.05, 3.63) is 0 Å². The Morgan fingerprint density at radius 3 is 2.31 bits per heavy atom. The molecule has 1 heteroatoms. The summed E-state index contributed by atoms with van der Waals surface area (Å²) in [5.41, 5.74) is 0. The van der Waals surface area contributed by atoms with Crippen LogP contribution in [-0.2, 0) is 0 Å². The molecule has 1 aliphatic carbocycles. The second-order valence-corrected chi connectivity index (χ2v) is 4.35. The van der Waals surface area contributed by atoms with E-state index in [4.69, 9.17) is 0 Å². The predicted molar refractivity (Wildman–Crippen MR) is 63.3 cm³/mol. The molecule has 0 aromatic rings. The Kier molecular flexibility index (Phi) is 9.88. The summed E-state index contributed by atoms with van der Waals surface area (Å²) in [7, 11) is 0. The molecule has 13 heavy (non-hydrogen) atoms. The van der Waals surface area contributed by atoms with Crippen LogP contribution in [0.2, 0.25) is 0 Å². The van der Waals surface area contributed by atoms with Crippen molar-refractivity contribution in [2.75, 3.05) is 0 Å². The monoisotopic (exact) mass is 194 g/mol. The second-order valence-electron chi connectivity index (χ2n) is 4.35. The minimum atomic E-state index is 0. The van der Waals surface area contributed by atoms with Crippen molar-refractivity contribution in [3.63, 3.8) is 0 Å². The molecule has 1 aliphatic rings. The van der Waals surface area contributed by atoms with Crippen molar-refractivity contribution in [2.45, 2.75) is 71.1 Å². The molecule has 0 unspecified atom stereocenters. The molecule has 0 aliphatic heterocycles. The van der Waals surface area contributed by atoms with Crippen molar-refractivity contribution in [2.24, 2.45) is 5.92 Å². The molecule has 1 saturated carbocycles. The smallest absolute Gasteiger partial charge is 1.00 e. The fourth-order valence-corrected chi connectivity index (χ4v) is 2.34. The van der Waals surface area contributed by atoms with E-state index in [0.29, 0.717) is 0 Å². The third-order valence-electron chi connectivity index (χ3n) is 3.19. The molecule has 0 atom stereocenters. The van der Waals surface area contributed by atoms with E-state index in [1.165, 1.54) is 64.2 Å². The average Bonchev–Trinajstić information content (AvgIpc) is 2.14. The number of rotatable bonds is 5. The molecule has 0 aromatic heterocycles. The Balaban J connectivity index is -0.000000480. The molecule has 0 amide bonds. The van der Waals surface area contributed by atoms with Crippen molar-refractivity contribution in [1.29, 1.82) is 0 Å². The fourth-order valence-electron chi connectivity index (χ4n) is 2.34. The topological polar surface area (TPSA) is 0 Å². The van der Waals surface area contributed by atoms with E-state index in [-0.39, 0.29) is 25.9 Å². The third kappa shape index (κ3) is 6.79. The normalized spacial score (nSPS) is 18.2.